The van der Waals surface area contributed by atoms with E-state index in [9.17, 15) is 18.0 Å². The van der Waals surface area contributed by atoms with Crippen molar-refractivity contribution >= 4 is 5.91 Å². The quantitative estimate of drug-likeness (QED) is 0.851. The van der Waals surface area contributed by atoms with Crippen molar-refractivity contribution in [3.8, 4) is 6.01 Å². The fourth-order valence-corrected chi connectivity index (χ4v) is 2.04. The highest BCUT2D eigenvalue weighted by atomic mass is 19.4. The minimum absolute atomic E-state index is 0.132. The molecular formula is C12H14F3N3O2. The molecule has 0 saturated carbocycles. The molecule has 0 aromatic carbocycles. The fourth-order valence-electron chi connectivity index (χ4n) is 2.04. The molecule has 0 N–H and O–H groups in total. The van der Waals surface area contributed by atoms with Crippen LogP contribution in [0.25, 0.3) is 0 Å². The maximum Gasteiger partial charge on any atom is 0.397 e. The first-order valence-corrected chi connectivity index (χ1v) is 6.22. The lowest BCUT2D eigenvalue weighted by Gasteiger charge is -2.32. The summed E-state index contributed by atoms with van der Waals surface area (Å²) in [5.41, 5.74) is 0. The Balaban J connectivity index is 1.90. The van der Waals surface area contributed by atoms with E-state index in [-0.39, 0.29) is 18.7 Å². The molecule has 0 spiro atoms. The third-order valence-electron chi connectivity index (χ3n) is 2.90. The molecule has 8 heteroatoms. The van der Waals surface area contributed by atoms with Gasteiger partial charge in [0.2, 0.25) is 5.91 Å². The molecule has 1 amide bonds. The highest BCUT2D eigenvalue weighted by molar-refractivity contribution is 5.77. The summed E-state index contributed by atoms with van der Waals surface area (Å²) in [5, 5.41) is 0. The highest BCUT2D eigenvalue weighted by Crippen LogP contribution is 2.23. The van der Waals surface area contributed by atoms with Crippen LogP contribution in [0.5, 0.6) is 6.01 Å². The number of alkyl halides is 3. The molecule has 1 aromatic heterocycles. The Morgan fingerprint density at radius 3 is 2.75 bits per heavy atom. The van der Waals surface area contributed by atoms with Gasteiger partial charge in [-0.2, -0.15) is 13.2 Å². The van der Waals surface area contributed by atoms with E-state index in [0.29, 0.717) is 19.4 Å². The van der Waals surface area contributed by atoms with Crippen molar-refractivity contribution in [3.05, 3.63) is 18.5 Å². The Bertz CT molecular complexity index is 453. The van der Waals surface area contributed by atoms with E-state index in [4.69, 9.17) is 4.74 Å². The SMILES string of the molecule is O=C(CC(F)(F)F)N1CCCC(Oc2ncccn2)C1. The van der Waals surface area contributed by atoms with Gasteiger partial charge in [-0.3, -0.25) is 4.79 Å². The summed E-state index contributed by atoms with van der Waals surface area (Å²) in [6, 6.07) is 1.80. The average molecular weight is 289 g/mol. The monoisotopic (exact) mass is 289 g/mol. The smallest absolute Gasteiger partial charge is 0.397 e. The van der Waals surface area contributed by atoms with E-state index in [1.807, 2.05) is 0 Å². The maximum atomic E-state index is 12.2. The van der Waals surface area contributed by atoms with E-state index in [2.05, 4.69) is 9.97 Å². The third-order valence-corrected chi connectivity index (χ3v) is 2.90. The summed E-state index contributed by atoms with van der Waals surface area (Å²) in [6.07, 6.45) is -2.00. The van der Waals surface area contributed by atoms with Gasteiger partial charge in [-0.05, 0) is 18.9 Å². The number of piperidine rings is 1. The van der Waals surface area contributed by atoms with Crippen molar-refractivity contribution in [1.82, 2.24) is 14.9 Å². The molecule has 1 atom stereocenters. The molecule has 1 unspecified atom stereocenters. The van der Waals surface area contributed by atoms with Crippen LogP contribution in [0.4, 0.5) is 13.2 Å². The van der Waals surface area contributed by atoms with E-state index < -0.39 is 18.5 Å². The number of nitrogens with zero attached hydrogens (tertiary/aromatic N) is 3. The van der Waals surface area contributed by atoms with Gasteiger partial charge < -0.3 is 9.64 Å². The second kappa shape index (κ2) is 6.06. The fraction of sp³-hybridized carbons (Fsp3) is 0.583. The lowest BCUT2D eigenvalue weighted by atomic mass is 10.1. The summed E-state index contributed by atoms with van der Waals surface area (Å²) in [7, 11) is 0. The van der Waals surface area contributed by atoms with Crippen LogP contribution in [0.3, 0.4) is 0 Å². The Hall–Kier alpha value is -1.86. The number of halogens is 3. The molecule has 0 aliphatic carbocycles. The summed E-state index contributed by atoms with van der Waals surface area (Å²) in [5.74, 6) is -0.917. The Kier molecular flexibility index (Phi) is 4.41. The predicted octanol–water partition coefficient (Wildman–Crippen LogP) is 1.80. The van der Waals surface area contributed by atoms with Crippen molar-refractivity contribution in [2.75, 3.05) is 13.1 Å². The molecule has 1 aromatic rings. The van der Waals surface area contributed by atoms with Gasteiger partial charge in [0.15, 0.2) is 0 Å². The third kappa shape index (κ3) is 4.36. The van der Waals surface area contributed by atoms with Crippen LogP contribution in [0.2, 0.25) is 0 Å². The molecule has 110 valence electrons. The number of carbonyl (C=O) groups is 1. The van der Waals surface area contributed by atoms with E-state index in [0.717, 1.165) is 0 Å². The summed E-state index contributed by atoms with van der Waals surface area (Å²) >= 11 is 0. The van der Waals surface area contributed by atoms with Crippen molar-refractivity contribution < 1.29 is 22.7 Å². The van der Waals surface area contributed by atoms with Crippen LogP contribution in [0.15, 0.2) is 18.5 Å². The van der Waals surface area contributed by atoms with Crippen LogP contribution in [0.1, 0.15) is 19.3 Å². The molecule has 2 heterocycles. The lowest BCUT2D eigenvalue weighted by Crippen LogP contribution is -2.45. The standard InChI is InChI=1S/C12H14F3N3O2/c13-12(14,15)7-10(19)18-6-1-3-9(8-18)20-11-16-4-2-5-17-11/h2,4-5,9H,1,3,6-8H2. The average Bonchev–Trinajstić information content (AvgIpc) is 2.38. The number of rotatable bonds is 3. The zero-order valence-electron chi connectivity index (χ0n) is 10.6. The maximum absolute atomic E-state index is 12.2. The van der Waals surface area contributed by atoms with Crippen LogP contribution in [0, 0.1) is 0 Å². The highest BCUT2D eigenvalue weighted by Gasteiger charge is 2.35. The van der Waals surface area contributed by atoms with Crippen molar-refractivity contribution in [2.45, 2.75) is 31.5 Å². The van der Waals surface area contributed by atoms with Gasteiger partial charge in [-0.15, -0.1) is 0 Å². The number of amides is 1. The Morgan fingerprint density at radius 2 is 2.10 bits per heavy atom. The largest absolute Gasteiger partial charge is 0.458 e. The van der Waals surface area contributed by atoms with Crippen molar-refractivity contribution in [1.29, 1.82) is 0 Å². The molecule has 1 aliphatic heterocycles. The van der Waals surface area contributed by atoms with Gasteiger partial charge in [-0.1, -0.05) is 0 Å². The molecule has 1 saturated heterocycles. The molecule has 0 radical (unpaired) electrons. The molecule has 2 rings (SSSR count). The van der Waals surface area contributed by atoms with Gasteiger partial charge in [0, 0.05) is 18.9 Å². The topological polar surface area (TPSA) is 55.3 Å². The number of carbonyl (C=O) groups excluding carboxylic acids is 1. The van der Waals surface area contributed by atoms with Gasteiger partial charge in [0.1, 0.15) is 12.5 Å². The molecule has 1 aliphatic rings. The first-order chi connectivity index (χ1) is 9.44. The van der Waals surface area contributed by atoms with Crippen LogP contribution < -0.4 is 4.74 Å². The number of likely N-dealkylation sites (tertiary alicyclic amines) is 1. The molecular weight excluding hydrogens is 275 g/mol. The Labute approximate surface area is 113 Å². The van der Waals surface area contributed by atoms with Gasteiger partial charge in [0.05, 0.1) is 6.54 Å². The number of ether oxygens (including phenoxy) is 1. The summed E-state index contributed by atoms with van der Waals surface area (Å²) < 4.78 is 42.1. The summed E-state index contributed by atoms with van der Waals surface area (Å²) in [6.45, 7) is 0.456. The van der Waals surface area contributed by atoms with Crippen LogP contribution in [-0.2, 0) is 4.79 Å². The van der Waals surface area contributed by atoms with Crippen molar-refractivity contribution in [3.63, 3.8) is 0 Å². The van der Waals surface area contributed by atoms with Gasteiger partial charge in [0.25, 0.3) is 0 Å². The lowest BCUT2D eigenvalue weighted by molar-refractivity contribution is -0.163. The van der Waals surface area contributed by atoms with Gasteiger partial charge in [-0.25, -0.2) is 9.97 Å². The predicted molar refractivity (Wildman–Crippen MR) is 62.9 cm³/mol. The molecule has 20 heavy (non-hydrogen) atoms. The van der Waals surface area contributed by atoms with Gasteiger partial charge >= 0.3 is 12.2 Å². The van der Waals surface area contributed by atoms with E-state index in [1.54, 1.807) is 6.07 Å². The van der Waals surface area contributed by atoms with Crippen LogP contribution >= 0.6 is 0 Å². The number of hydrogen-bond donors (Lipinski definition) is 0. The number of hydrogen-bond acceptors (Lipinski definition) is 4. The Morgan fingerprint density at radius 1 is 1.40 bits per heavy atom. The second-order valence-electron chi connectivity index (χ2n) is 4.55. The summed E-state index contributed by atoms with van der Waals surface area (Å²) in [4.78, 5) is 20.5. The van der Waals surface area contributed by atoms with E-state index >= 15 is 0 Å². The first-order valence-electron chi connectivity index (χ1n) is 6.22. The second-order valence-corrected chi connectivity index (χ2v) is 4.55. The van der Waals surface area contributed by atoms with E-state index in [1.165, 1.54) is 17.3 Å². The zero-order valence-corrected chi connectivity index (χ0v) is 10.6. The minimum atomic E-state index is -4.48. The normalized spacial score (nSPS) is 19.8. The van der Waals surface area contributed by atoms with Crippen molar-refractivity contribution in [2.24, 2.45) is 0 Å². The molecule has 5 nitrogen and oxygen atoms in total. The number of aromatic nitrogens is 2. The molecule has 0 bridgehead atoms. The molecule has 1 fully saturated rings. The first kappa shape index (κ1) is 14.5. The van der Waals surface area contributed by atoms with Crippen LogP contribution in [-0.4, -0.2) is 46.1 Å². The zero-order chi connectivity index (χ0) is 14.6. The minimum Gasteiger partial charge on any atom is -0.458 e.